The van der Waals surface area contributed by atoms with E-state index in [9.17, 15) is 4.79 Å². The van der Waals surface area contributed by atoms with E-state index in [4.69, 9.17) is 14.2 Å². The van der Waals surface area contributed by atoms with E-state index in [1.807, 2.05) is 24.1 Å². The summed E-state index contributed by atoms with van der Waals surface area (Å²) >= 11 is 0. The van der Waals surface area contributed by atoms with E-state index in [2.05, 4.69) is 9.97 Å². The topological polar surface area (TPSA) is 73.8 Å². The maximum atomic E-state index is 11.8. The fourth-order valence-corrected chi connectivity index (χ4v) is 2.87. The number of methoxy groups -OCH3 is 2. The number of benzene rings is 1. The van der Waals surface area contributed by atoms with Crippen molar-refractivity contribution in [2.75, 3.05) is 27.8 Å². The minimum Gasteiger partial charge on any atom is -0.493 e. The number of esters is 1. The van der Waals surface area contributed by atoms with Crippen molar-refractivity contribution >= 4 is 16.9 Å². The molecule has 23 heavy (non-hydrogen) atoms. The van der Waals surface area contributed by atoms with Gasteiger partial charge in [-0.15, -0.1) is 0 Å². The van der Waals surface area contributed by atoms with Gasteiger partial charge in [0.2, 0.25) is 0 Å². The van der Waals surface area contributed by atoms with Crippen LogP contribution in [0.5, 0.6) is 11.5 Å². The molecule has 2 atom stereocenters. The van der Waals surface area contributed by atoms with Crippen LogP contribution in [-0.4, -0.2) is 60.8 Å². The molecule has 2 heterocycles. The average Bonchev–Trinajstić information content (AvgIpc) is 2.93. The highest BCUT2D eigenvalue weighted by Gasteiger charge is 2.36. The van der Waals surface area contributed by atoms with Crippen LogP contribution < -0.4 is 9.47 Å². The Hall–Kier alpha value is -2.41. The third-order valence-corrected chi connectivity index (χ3v) is 4.07. The molecule has 0 N–H and O–H groups in total. The molecule has 7 nitrogen and oxygen atoms in total. The molecule has 1 saturated heterocycles. The Morgan fingerprint density at radius 3 is 2.87 bits per heavy atom. The van der Waals surface area contributed by atoms with Crippen LogP contribution in [-0.2, 0) is 9.53 Å². The summed E-state index contributed by atoms with van der Waals surface area (Å²) in [5.74, 6) is 0.997. The Labute approximate surface area is 134 Å². The highest BCUT2D eigenvalue weighted by molar-refractivity contribution is 5.81. The normalized spacial score (nSPS) is 21.3. The van der Waals surface area contributed by atoms with Gasteiger partial charge in [0.1, 0.15) is 18.5 Å². The zero-order valence-electron chi connectivity index (χ0n) is 13.4. The number of fused-ring (bicyclic) bond motifs is 1. The van der Waals surface area contributed by atoms with Crippen molar-refractivity contribution in [2.24, 2.45) is 0 Å². The molecule has 0 bridgehead atoms. The van der Waals surface area contributed by atoms with Crippen LogP contribution >= 0.6 is 0 Å². The van der Waals surface area contributed by atoms with Gasteiger partial charge in [0.05, 0.1) is 19.7 Å². The van der Waals surface area contributed by atoms with Crippen LogP contribution in [0.1, 0.15) is 6.42 Å². The van der Waals surface area contributed by atoms with Gasteiger partial charge in [-0.1, -0.05) is 0 Å². The molecule has 1 aliphatic heterocycles. The standard InChI is InChI=1S/C16H19N3O4/c1-19-8-11(5-13(19)16(20)22-3)23-15-4-10-7-17-9-18-12(10)6-14(15)21-2/h4,6-7,9,11,13H,5,8H2,1-3H3/t11-,13?/m1/s1. The summed E-state index contributed by atoms with van der Waals surface area (Å²) < 4.78 is 16.3. The van der Waals surface area contributed by atoms with Crippen molar-refractivity contribution in [1.82, 2.24) is 14.9 Å². The van der Waals surface area contributed by atoms with Crippen molar-refractivity contribution in [3.63, 3.8) is 0 Å². The maximum Gasteiger partial charge on any atom is 0.323 e. The fourth-order valence-electron chi connectivity index (χ4n) is 2.87. The molecule has 0 saturated carbocycles. The Bertz CT molecular complexity index is 722. The predicted octanol–water partition coefficient (Wildman–Crippen LogP) is 1.26. The van der Waals surface area contributed by atoms with E-state index in [1.54, 1.807) is 13.3 Å². The average molecular weight is 317 g/mol. The maximum absolute atomic E-state index is 11.8. The van der Waals surface area contributed by atoms with Gasteiger partial charge in [0, 0.05) is 30.6 Å². The van der Waals surface area contributed by atoms with Crippen LogP contribution in [0, 0.1) is 0 Å². The predicted molar refractivity (Wildman–Crippen MR) is 83.6 cm³/mol. The first-order valence-electron chi connectivity index (χ1n) is 7.35. The minimum absolute atomic E-state index is 0.111. The largest absolute Gasteiger partial charge is 0.493 e. The third-order valence-electron chi connectivity index (χ3n) is 4.07. The molecule has 0 amide bonds. The Morgan fingerprint density at radius 1 is 1.30 bits per heavy atom. The van der Waals surface area contributed by atoms with Crippen LogP contribution in [0.4, 0.5) is 0 Å². The van der Waals surface area contributed by atoms with Gasteiger partial charge in [-0.2, -0.15) is 0 Å². The lowest BCUT2D eigenvalue weighted by Crippen LogP contribution is -2.33. The van der Waals surface area contributed by atoms with E-state index >= 15 is 0 Å². The van der Waals surface area contributed by atoms with Crippen molar-refractivity contribution in [3.8, 4) is 11.5 Å². The number of aromatic nitrogens is 2. The Morgan fingerprint density at radius 2 is 2.13 bits per heavy atom. The summed E-state index contributed by atoms with van der Waals surface area (Å²) in [6.07, 6.45) is 3.69. The quantitative estimate of drug-likeness (QED) is 0.786. The van der Waals surface area contributed by atoms with Crippen LogP contribution in [0.25, 0.3) is 10.9 Å². The van der Waals surface area contributed by atoms with Crippen LogP contribution in [0.2, 0.25) is 0 Å². The number of carbonyl (C=O) groups is 1. The number of likely N-dealkylation sites (N-methyl/N-ethyl adjacent to an activating group) is 1. The molecule has 1 aromatic heterocycles. The van der Waals surface area contributed by atoms with Gasteiger partial charge in [0.15, 0.2) is 11.5 Å². The number of carbonyl (C=O) groups excluding carboxylic acids is 1. The van der Waals surface area contributed by atoms with Gasteiger partial charge >= 0.3 is 5.97 Å². The van der Waals surface area contributed by atoms with E-state index in [1.165, 1.54) is 13.4 Å². The lowest BCUT2D eigenvalue weighted by Gasteiger charge is -2.16. The molecule has 1 aliphatic rings. The molecule has 7 heteroatoms. The lowest BCUT2D eigenvalue weighted by atomic mass is 10.2. The number of hydrogen-bond acceptors (Lipinski definition) is 7. The Kier molecular flexibility index (Phi) is 4.29. The number of hydrogen-bond donors (Lipinski definition) is 0. The Balaban J connectivity index is 1.83. The monoisotopic (exact) mass is 317 g/mol. The first-order chi connectivity index (χ1) is 11.1. The lowest BCUT2D eigenvalue weighted by molar-refractivity contribution is -0.145. The molecular weight excluding hydrogens is 298 g/mol. The van der Waals surface area contributed by atoms with E-state index in [0.717, 1.165) is 10.9 Å². The van der Waals surface area contributed by atoms with Crippen molar-refractivity contribution in [2.45, 2.75) is 18.6 Å². The second kappa shape index (κ2) is 6.37. The molecule has 0 aliphatic carbocycles. The zero-order chi connectivity index (χ0) is 16.4. The van der Waals surface area contributed by atoms with Gasteiger partial charge in [-0.05, 0) is 13.1 Å². The van der Waals surface area contributed by atoms with E-state index in [-0.39, 0.29) is 18.1 Å². The summed E-state index contributed by atoms with van der Waals surface area (Å²) in [4.78, 5) is 21.9. The van der Waals surface area contributed by atoms with E-state index in [0.29, 0.717) is 24.5 Å². The molecule has 0 spiro atoms. The molecule has 1 aromatic carbocycles. The summed E-state index contributed by atoms with van der Waals surface area (Å²) in [5.41, 5.74) is 0.792. The second-order valence-corrected chi connectivity index (χ2v) is 5.54. The van der Waals surface area contributed by atoms with Crippen molar-refractivity contribution in [3.05, 3.63) is 24.7 Å². The van der Waals surface area contributed by atoms with Crippen molar-refractivity contribution in [1.29, 1.82) is 0 Å². The second-order valence-electron chi connectivity index (χ2n) is 5.54. The number of likely N-dealkylation sites (tertiary alicyclic amines) is 1. The summed E-state index contributed by atoms with van der Waals surface area (Å²) in [6.45, 7) is 0.645. The number of rotatable bonds is 4. The van der Waals surface area contributed by atoms with Crippen LogP contribution in [0.15, 0.2) is 24.7 Å². The van der Waals surface area contributed by atoms with Gasteiger partial charge in [0.25, 0.3) is 0 Å². The smallest absolute Gasteiger partial charge is 0.323 e. The first kappa shape index (κ1) is 15.5. The minimum atomic E-state index is -0.278. The fraction of sp³-hybridized carbons (Fsp3) is 0.438. The molecule has 2 aromatic rings. The first-order valence-corrected chi connectivity index (χ1v) is 7.35. The third kappa shape index (κ3) is 3.05. The van der Waals surface area contributed by atoms with Gasteiger partial charge in [-0.25, -0.2) is 9.97 Å². The van der Waals surface area contributed by atoms with Crippen LogP contribution in [0.3, 0.4) is 0 Å². The molecular formula is C16H19N3O4. The summed E-state index contributed by atoms with van der Waals surface area (Å²) in [6, 6.07) is 3.40. The van der Waals surface area contributed by atoms with Crippen molar-refractivity contribution < 1.29 is 19.0 Å². The molecule has 122 valence electrons. The SMILES string of the molecule is COC(=O)C1C[C@@H](Oc2cc3cncnc3cc2OC)CN1C. The zero-order valence-corrected chi connectivity index (χ0v) is 13.4. The highest BCUT2D eigenvalue weighted by atomic mass is 16.5. The molecule has 1 fully saturated rings. The molecule has 3 rings (SSSR count). The summed E-state index contributed by atoms with van der Waals surface area (Å²) in [5, 5.41) is 0.874. The molecule has 0 radical (unpaired) electrons. The van der Waals surface area contributed by atoms with Gasteiger partial charge in [-0.3, -0.25) is 9.69 Å². The highest BCUT2D eigenvalue weighted by Crippen LogP contribution is 2.33. The van der Waals surface area contributed by atoms with E-state index < -0.39 is 0 Å². The summed E-state index contributed by atoms with van der Waals surface area (Å²) in [7, 11) is 4.88. The number of nitrogens with zero attached hydrogens (tertiary/aromatic N) is 3. The molecule has 1 unspecified atom stereocenters. The van der Waals surface area contributed by atoms with Gasteiger partial charge < -0.3 is 14.2 Å². The number of ether oxygens (including phenoxy) is 3.